The number of nitrogens with one attached hydrogen (secondary N) is 1. The number of fused-ring (bicyclic) bond motifs is 1. The first kappa shape index (κ1) is 18.5. The van der Waals surface area contributed by atoms with Crippen molar-refractivity contribution in [2.75, 3.05) is 0 Å². The van der Waals surface area contributed by atoms with Gasteiger partial charge in [-0.05, 0) is 18.6 Å². The summed E-state index contributed by atoms with van der Waals surface area (Å²) in [6, 6.07) is 9.45. The average Bonchev–Trinajstić information content (AvgIpc) is 2.92. The quantitative estimate of drug-likeness (QED) is 0.680. The summed E-state index contributed by atoms with van der Waals surface area (Å²) in [5.74, 6) is 1.15. The van der Waals surface area contributed by atoms with Gasteiger partial charge in [-0.15, -0.1) is 0 Å². The van der Waals surface area contributed by atoms with Crippen LogP contribution in [0.4, 0.5) is 0 Å². The average molecular weight is 369 g/mol. The molecule has 2 heterocycles. The van der Waals surface area contributed by atoms with Crippen LogP contribution in [0.3, 0.4) is 0 Å². The summed E-state index contributed by atoms with van der Waals surface area (Å²) in [6.07, 6.45) is 0. The van der Waals surface area contributed by atoms with Crippen LogP contribution in [0, 0.1) is 12.3 Å². The van der Waals surface area contributed by atoms with Gasteiger partial charge in [-0.1, -0.05) is 58.0 Å². The molecule has 3 aromatic rings. The van der Waals surface area contributed by atoms with E-state index in [9.17, 15) is 4.79 Å². The molecule has 0 spiro atoms. The standard InChI is InChI=1S/C20H24N4OS/c1-12-8-7-9-14(10-12)17-21-15-11-16(25)23-24(15)18(22-17)13(2)19(3,4)20(5,6)26/h7-11,26H,2H2,1,3-6H3,(H,23,25). The predicted octanol–water partition coefficient (Wildman–Crippen LogP) is 4.14. The summed E-state index contributed by atoms with van der Waals surface area (Å²) < 4.78 is 1.27. The summed E-state index contributed by atoms with van der Waals surface area (Å²) in [5, 5.41) is 2.77. The van der Waals surface area contributed by atoms with Gasteiger partial charge in [0.2, 0.25) is 0 Å². The van der Waals surface area contributed by atoms with Crippen molar-refractivity contribution < 1.29 is 0 Å². The first-order valence-electron chi connectivity index (χ1n) is 8.50. The summed E-state index contributed by atoms with van der Waals surface area (Å²) >= 11 is 4.75. The number of thiol groups is 1. The summed E-state index contributed by atoms with van der Waals surface area (Å²) in [7, 11) is 0. The molecular weight excluding hydrogens is 344 g/mol. The molecule has 26 heavy (non-hydrogen) atoms. The van der Waals surface area contributed by atoms with Crippen molar-refractivity contribution in [1.29, 1.82) is 0 Å². The van der Waals surface area contributed by atoms with Crippen molar-refractivity contribution in [3.05, 3.63) is 58.7 Å². The zero-order valence-corrected chi connectivity index (χ0v) is 16.7. The maximum absolute atomic E-state index is 11.9. The Kier molecular flexibility index (Phi) is 4.35. The molecule has 0 fully saturated rings. The zero-order valence-electron chi connectivity index (χ0n) is 15.8. The molecule has 0 radical (unpaired) electrons. The lowest BCUT2D eigenvalue weighted by atomic mass is 9.74. The molecule has 0 amide bonds. The number of H-pyrrole nitrogens is 1. The van der Waals surface area contributed by atoms with Gasteiger partial charge < -0.3 is 0 Å². The Hall–Kier alpha value is -2.34. The van der Waals surface area contributed by atoms with E-state index in [1.807, 2.05) is 45.0 Å². The lowest BCUT2D eigenvalue weighted by Gasteiger charge is -2.39. The number of aromatic amines is 1. The highest BCUT2D eigenvalue weighted by atomic mass is 32.1. The molecule has 5 nitrogen and oxygen atoms in total. The van der Waals surface area contributed by atoms with Crippen LogP contribution in [0.2, 0.25) is 0 Å². The molecule has 1 aromatic carbocycles. The predicted molar refractivity (Wildman–Crippen MR) is 110 cm³/mol. The van der Waals surface area contributed by atoms with Gasteiger partial charge in [0.05, 0.1) is 0 Å². The maximum atomic E-state index is 11.9. The highest BCUT2D eigenvalue weighted by Crippen LogP contribution is 2.45. The van der Waals surface area contributed by atoms with Crippen molar-refractivity contribution >= 4 is 23.8 Å². The van der Waals surface area contributed by atoms with E-state index >= 15 is 0 Å². The molecule has 0 saturated carbocycles. The molecule has 0 aliphatic carbocycles. The molecular formula is C20H24N4OS. The smallest absolute Gasteiger partial charge is 0.266 e. The summed E-state index contributed by atoms with van der Waals surface area (Å²) in [5.41, 5.74) is 2.73. The number of nitrogens with zero attached hydrogens (tertiary/aromatic N) is 3. The largest absolute Gasteiger partial charge is 0.268 e. The molecule has 6 heteroatoms. The van der Waals surface area contributed by atoms with Crippen LogP contribution in [0.1, 0.15) is 39.1 Å². The Balaban J connectivity index is 2.27. The lowest BCUT2D eigenvalue weighted by molar-refractivity contribution is 0.389. The minimum Gasteiger partial charge on any atom is -0.268 e. The van der Waals surface area contributed by atoms with Crippen molar-refractivity contribution in [2.45, 2.75) is 39.4 Å². The molecule has 3 rings (SSSR count). The number of aryl methyl sites for hydroxylation is 1. The Morgan fingerprint density at radius 1 is 1.19 bits per heavy atom. The fourth-order valence-electron chi connectivity index (χ4n) is 2.67. The van der Waals surface area contributed by atoms with Crippen molar-refractivity contribution in [1.82, 2.24) is 19.6 Å². The Morgan fingerprint density at radius 3 is 2.50 bits per heavy atom. The molecule has 0 aliphatic heterocycles. The fraction of sp³-hybridized carbons (Fsp3) is 0.350. The van der Waals surface area contributed by atoms with Gasteiger partial charge in [-0.3, -0.25) is 9.89 Å². The molecule has 0 aliphatic rings. The molecule has 136 valence electrons. The SMILES string of the molecule is C=C(c1nc(-c2cccc(C)c2)nc2cc(=O)[nH]n12)C(C)(C)C(C)(C)S. The van der Waals surface area contributed by atoms with E-state index in [2.05, 4.69) is 30.5 Å². The minimum absolute atomic E-state index is 0.224. The minimum atomic E-state index is -0.373. The number of aromatic nitrogens is 4. The van der Waals surface area contributed by atoms with Crippen LogP contribution in [-0.4, -0.2) is 24.3 Å². The maximum Gasteiger partial charge on any atom is 0.266 e. The normalized spacial score (nSPS) is 12.5. The van der Waals surface area contributed by atoms with E-state index in [1.54, 1.807) is 4.52 Å². The van der Waals surface area contributed by atoms with E-state index in [-0.39, 0.29) is 15.7 Å². The van der Waals surface area contributed by atoms with Gasteiger partial charge in [-0.25, -0.2) is 14.5 Å². The van der Waals surface area contributed by atoms with Crippen LogP contribution < -0.4 is 5.56 Å². The molecule has 0 atom stereocenters. The van der Waals surface area contributed by atoms with Gasteiger partial charge in [-0.2, -0.15) is 12.6 Å². The molecule has 1 N–H and O–H groups in total. The Morgan fingerprint density at radius 2 is 1.88 bits per heavy atom. The first-order valence-corrected chi connectivity index (χ1v) is 8.94. The van der Waals surface area contributed by atoms with Gasteiger partial charge in [0.1, 0.15) is 0 Å². The van der Waals surface area contributed by atoms with Crippen LogP contribution in [0.5, 0.6) is 0 Å². The Labute approximate surface area is 158 Å². The third kappa shape index (κ3) is 3.09. The van der Waals surface area contributed by atoms with Crippen molar-refractivity contribution in [2.24, 2.45) is 5.41 Å². The van der Waals surface area contributed by atoms with E-state index in [1.165, 1.54) is 6.07 Å². The highest BCUT2D eigenvalue weighted by molar-refractivity contribution is 7.81. The number of benzene rings is 1. The lowest BCUT2D eigenvalue weighted by Crippen LogP contribution is -2.35. The first-order chi connectivity index (χ1) is 12.0. The van der Waals surface area contributed by atoms with E-state index in [4.69, 9.17) is 17.6 Å². The molecule has 0 saturated heterocycles. The number of rotatable bonds is 4. The number of allylic oxidation sites excluding steroid dienone is 1. The van der Waals surface area contributed by atoms with Gasteiger partial charge in [0.15, 0.2) is 17.3 Å². The Bertz CT molecular complexity index is 1050. The fourth-order valence-corrected chi connectivity index (χ4v) is 2.81. The molecule has 0 unspecified atom stereocenters. The highest BCUT2D eigenvalue weighted by Gasteiger charge is 2.38. The van der Waals surface area contributed by atoms with Crippen LogP contribution in [0.15, 0.2) is 41.7 Å². The van der Waals surface area contributed by atoms with Crippen LogP contribution >= 0.6 is 12.6 Å². The summed E-state index contributed by atoms with van der Waals surface area (Å²) in [6.45, 7) is 14.5. The molecule has 0 bridgehead atoms. The van der Waals surface area contributed by atoms with Crippen LogP contribution in [-0.2, 0) is 0 Å². The van der Waals surface area contributed by atoms with E-state index in [0.29, 0.717) is 17.3 Å². The number of hydrogen-bond donors (Lipinski definition) is 2. The second kappa shape index (κ2) is 6.13. The summed E-state index contributed by atoms with van der Waals surface area (Å²) in [4.78, 5) is 21.2. The van der Waals surface area contributed by atoms with Gasteiger partial charge in [0, 0.05) is 21.8 Å². The third-order valence-corrected chi connectivity index (χ3v) is 5.74. The zero-order chi connectivity index (χ0) is 19.3. The second-order valence-electron chi connectivity index (χ2n) is 7.72. The van der Waals surface area contributed by atoms with Crippen molar-refractivity contribution in [3.8, 4) is 11.4 Å². The van der Waals surface area contributed by atoms with Crippen LogP contribution in [0.25, 0.3) is 22.6 Å². The third-order valence-electron chi connectivity index (χ3n) is 5.19. The van der Waals surface area contributed by atoms with Gasteiger partial charge >= 0.3 is 0 Å². The number of hydrogen-bond acceptors (Lipinski definition) is 4. The second-order valence-corrected chi connectivity index (χ2v) is 8.83. The van der Waals surface area contributed by atoms with Crippen molar-refractivity contribution in [3.63, 3.8) is 0 Å². The van der Waals surface area contributed by atoms with E-state index in [0.717, 1.165) is 16.7 Å². The monoisotopic (exact) mass is 368 g/mol. The van der Waals surface area contributed by atoms with E-state index < -0.39 is 0 Å². The van der Waals surface area contributed by atoms with Gasteiger partial charge in [0.25, 0.3) is 5.56 Å². The molecule has 2 aromatic heterocycles. The topological polar surface area (TPSA) is 63.0 Å².